The molecule has 1 aliphatic heterocycles. The Morgan fingerprint density at radius 3 is 2.33 bits per heavy atom. The van der Waals surface area contributed by atoms with Gasteiger partial charge in [0, 0.05) is 57.5 Å². The summed E-state index contributed by atoms with van der Waals surface area (Å²) < 4.78 is 9.85. The molecule has 0 saturated heterocycles. The van der Waals surface area contributed by atoms with Crippen LogP contribution in [0.1, 0.15) is 94.1 Å². The molecule has 5 aromatic rings. The van der Waals surface area contributed by atoms with E-state index in [0.717, 1.165) is 119 Å². The zero-order valence-corrected chi connectivity index (χ0v) is 35.7. The van der Waals surface area contributed by atoms with E-state index < -0.39 is 0 Å². The van der Waals surface area contributed by atoms with Crippen LogP contribution in [0.2, 0.25) is 0 Å². The fourth-order valence-electron chi connectivity index (χ4n) is 11.5. The van der Waals surface area contributed by atoms with E-state index >= 15 is 0 Å². The topological polar surface area (TPSA) is 148 Å². The van der Waals surface area contributed by atoms with Crippen LogP contribution in [0, 0.1) is 50.9 Å². The normalized spacial score (nSPS) is 25.6. The van der Waals surface area contributed by atoms with Crippen molar-refractivity contribution in [2.75, 3.05) is 23.4 Å². The number of unbranched alkanes of at least 4 members (excludes halogenated alkanes) is 1. The minimum Gasteiger partial charge on any atom is -0.693 e. The van der Waals surface area contributed by atoms with Crippen molar-refractivity contribution >= 4 is 44.1 Å². The third kappa shape index (κ3) is 8.12. The number of hydrogen-bond donors (Lipinski definition) is 2. The Morgan fingerprint density at radius 1 is 0.912 bits per heavy atom. The molecule has 10 rings (SSSR count). The van der Waals surface area contributed by atoms with E-state index in [2.05, 4.69) is 80.6 Å². The van der Waals surface area contributed by atoms with Gasteiger partial charge < -0.3 is 47.0 Å². The first-order chi connectivity index (χ1) is 26.4. The molecule has 4 bridgehead atoms. The molecule has 4 N–H and O–H groups in total. The van der Waals surface area contributed by atoms with Crippen LogP contribution >= 0.6 is 11.3 Å². The number of nitrogens with two attached hydrogens (primary N) is 1. The van der Waals surface area contributed by atoms with Crippen molar-refractivity contribution in [2.24, 2.45) is 16.2 Å². The van der Waals surface area contributed by atoms with Crippen LogP contribution in [-0.2, 0) is 40.8 Å². The van der Waals surface area contributed by atoms with Crippen molar-refractivity contribution < 1.29 is 26.3 Å². The monoisotopic (exact) mass is 833 g/mol. The molecule has 2 atom stereocenters. The van der Waals surface area contributed by atoms with Gasteiger partial charge in [-0.3, -0.25) is 4.68 Å². The standard InChI is InChI=1S/C40H47N8O2S.C4H8.H2N.Ni/c1-6-50-40-21-37(4)18-38(5,22-40)20-39(19-37,23-40)24-48-26(3)29(16-41-48)28-13-14-33(42-31(28)17-49)47-15-9-10-27-25(2)34(45-46-35(27)47)44-36-43-30-11-7-8-12-32(30)51-36;1-3-4-2;;/h7-8,11-14,16,49H,1,6,9-10,15,17-24H2,2-5H3,(H,43,44,45);1-4H2;1H2;/q-1;-2;-1;. The molecule has 5 aliphatic rings. The number of aliphatic hydroxyl groups is 1. The number of fused-ring (bicyclic) bond motifs is 2. The first kappa shape index (κ1) is 43.1. The van der Waals surface area contributed by atoms with Gasteiger partial charge in [-0.05, 0) is 106 Å². The summed E-state index contributed by atoms with van der Waals surface area (Å²) in [5.74, 6) is 2.31. The van der Waals surface area contributed by atoms with E-state index in [-0.39, 0.29) is 51.1 Å². The Morgan fingerprint density at radius 2 is 1.65 bits per heavy atom. The number of anilines is 4. The molecule has 0 amide bonds. The number of para-hydroxylation sites is 1. The molecule has 13 heteroatoms. The van der Waals surface area contributed by atoms with Gasteiger partial charge in [0.1, 0.15) is 5.82 Å². The van der Waals surface area contributed by atoms with E-state index in [4.69, 9.17) is 24.9 Å². The third-order valence-electron chi connectivity index (χ3n) is 12.5. The first-order valence-electron chi connectivity index (χ1n) is 19.9. The van der Waals surface area contributed by atoms with E-state index in [1.54, 1.807) is 11.3 Å². The fourth-order valence-corrected chi connectivity index (χ4v) is 12.4. The van der Waals surface area contributed by atoms with Gasteiger partial charge >= 0.3 is 0 Å². The molecule has 4 aliphatic carbocycles. The predicted molar refractivity (Wildman–Crippen MR) is 227 cm³/mol. The molecule has 57 heavy (non-hydrogen) atoms. The van der Waals surface area contributed by atoms with E-state index in [1.807, 2.05) is 30.5 Å². The number of benzene rings is 1. The van der Waals surface area contributed by atoms with Gasteiger partial charge in [0.25, 0.3) is 0 Å². The smallest absolute Gasteiger partial charge is 0.189 e. The Bertz CT molecular complexity index is 2150. The second kappa shape index (κ2) is 16.6. The quantitative estimate of drug-likeness (QED) is 0.104. The van der Waals surface area contributed by atoms with Crippen LogP contribution in [0.15, 0.2) is 42.6 Å². The molecule has 310 valence electrons. The summed E-state index contributed by atoms with van der Waals surface area (Å²) in [7, 11) is 0. The molecule has 1 aromatic carbocycles. The molecule has 4 fully saturated rings. The van der Waals surface area contributed by atoms with Crippen LogP contribution in [-0.4, -0.2) is 53.8 Å². The molecule has 0 radical (unpaired) electrons. The number of rotatable bonds is 10. The van der Waals surface area contributed by atoms with E-state index in [0.29, 0.717) is 12.3 Å². The summed E-state index contributed by atoms with van der Waals surface area (Å²) in [4.78, 5) is 11.9. The maximum atomic E-state index is 10.6. The van der Waals surface area contributed by atoms with Crippen molar-refractivity contribution in [1.29, 1.82) is 0 Å². The molecule has 2 unspecified atom stereocenters. The number of pyridine rings is 1. The number of hydrogen-bond acceptors (Lipinski definition) is 10. The molecular formula is C44H57N9NiO2S-4. The van der Waals surface area contributed by atoms with Crippen molar-refractivity contribution in [1.82, 2.24) is 29.9 Å². The van der Waals surface area contributed by atoms with E-state index in [9.17, 15) is 5.11 Å². The molecule has 4 aromatic heterocycles. The summed E-state index contributed by atoms with van der Waals surface area (Å²) in [6.07, 6.45) is 12.8. The summed E-state index contributed by atoms with van der Waals surface area (Å²) >= 11 is 1.61. The Balaban J connectivity index is 0.000000876. The van der Waals surface area contributed by atoms with Crippen LogP contribution in [0.25, 0.3) is 27.5 Å². The van der Waals surface area contributed by atoms with Crippen molar-refractivity contribution in [3.05, 3.63) is 92.0 Å². The maximum Gasteiger partial charge on any atom is 0.189 e. The minimum absolute atomic E-state index is 0. The largest absolute Gasteiger partial charge is 0.693 e. The summed E-state index contributed by atoms with van der Waals surface area (Å²) in [5, 5.41) is 29.2. The van der Waals surface area contributed by atoms with Gasteiger partial charge in [-0.1, -0.05) is 43.9 Å². The number of aliphatic hydroxyl groups excluding tert-OH is 1. The van der Waals surface area contributed by atoms with E-state index in [1.165, 1.54) is 19.3 Å². The van der Waals surface area contributed by atoms with Gasteiger partial charge in [-0.25, -0.2) is 22.8 Å². The molecule has 0 spiro atoms. The maximum absolute atomic E-state index is 10.6. The zero-order chi connectivity index (χ0) is 38.6. The Labute approximate surface area is 352 Å². The van der Waals surface area contributed by atoms with Gasteiger partial charge in [0.05, 0.1) is 34.3 Å². The van der Waals surface area contributed by atoms with Crippen LogP contribution in [0.3, 0.4) is 0 Å². The summed E-state index contributed by atoms with van der Waals surface area (Å²) in [6, 6.07) is 12.3. The molecular weight excluding hydrogens is 777 g/mol. The van der Waals surface area contributed by atoms with Crippen LogP contribution in [0.4, 0.5) is 22.6 Å². The van der Waals surface area contributed by atoms with Crippen LogP contribution < -0.4 is 10.2 Å². The Kier molecular flexibility index (Phi) is 12.6. The Hall–Kier alpha value is -3.48. The minimum atomic E-state index is -0.171. The molecule has 11 nitrogen and oxygen atoms in total. The third-order valence-corrected chi connectivity index (χ3v) is 13.4. The second-order valence-electron chi connectivity index (χ2n) is 17.4. The average Bonchev–Trinajstić information content (AvgIpc) is 3.72. The SMILES string of the molecule is [CH2-]CC[CH2-].[CH2-]COC12CC3(C)CC(C)(CC(Cn4ncc(-c5ccc(N6CCCc7c6nnc(Nc6nc8ccccc8s6)c7C)nc5CO)c4C)(C3)C1)C2.[NH2-].[Ni]. The van der Waals surface area contributed by atoms with Crippen molar-refractivity contribution in [3.8, 4) is 11.1 Å². The van der Waals surface area contributed by atoms with Gasteiger partial charge in [0.15, 0.2) is 16.8 Å². The molecule has 5 heterocycles. The second-order valence-corrected chi connectivity index (χ2v) is 18.4. The van der Waals surface area contributed by atoms with Gasteiger partial charge in [-0.2, -0.15) is 5.10 Å². The number of aromatic nitrogens is 6. The predicted octanol–water partition coefficient (Wildman–Crippen LogP) is 10.4. The van der Waals surface area contributed by atoms with Crippen molar-refractivity contribution in [2.45, 2.75) is 111 Å². The van der Waals surface area contributed by atoms with Crippen LogP contribution in [0.5, 0.6) is 0 Å². The number of thiazole rings is 1. The average molecular weight is 835 g/mol. The zero-order valence-electron chi connectivity index (χ0n) is 33.9. The van der Waals surface area contributed by atoms with Gasteiger partial charge in [-0.15, -0.1) is 10.2 Å². The van der Waals surface area contributed by atoms with Gasteiger partial charge in [0.2, 0.25) is 0 Å². The fraction of sp³-hybridized carbons (Fsp3) is 0.500. The number of nitrogens with zero attached hydrogens (tertiary/aromatic N) is 7. The first-order valence-corrected chi connectivity index (χ1v) is 20.7. The molecule has 4 saturated carbocycles. The summed E-state index contributed by atoms with van der Waals surface area (Å²) in [5.41, 5.74) is 7.52. The summed E-state index contributed by atoms with van der Waals surface area (Å²) in [6.45, 7) is 22.4. The number of nitrogens with one attached hydrogen (secondary N) is 1. The number of ether oxygens (including phenoxy) is 1. The van der Waals surface area contributed by atoms with Crippen molar-refractivity contribution in [3.63, 3.8) is 0 Å².